The number of ether oxygens (including phenoxy) is 2. The molecule has 0 unspecified atom stereocenters. The van der Waals surface area contributed by atoms with Crippen molar-refractivity contribution in [1.82, 2.24) is 10.2 Å². The fourth-order valence-electron chi connectivity index (χ4n) is 4.34. The van der Waals surface area contributed by atoms with Crippen molar-refractivity contribution in [2.45, 2.75) is 45.2 Å². The van der Waals surface area contributed by atoms with Crippen molar-refractivity contribution in [3.8, 4) is 11.5 Å². The second-order valence-electron chi connectivity index (χ2n) is 9.12. The first kappa shape index (κ1) is 26.2. The minimum Gasteiger partial charge on any atom is -0.486 e. The molecule has 6 nitrogen and oxygen atoms in total. The van der Waals surface area contributed by atoms with E-state index in [0.29, 0.717) is 44.1 Å². The van der Waals surface area contributed by atoms with Gasteiger partial charge in [-0.2, -0.15) is 0 Å². The van der Waals surface area contributed by atoms with Crippen LogP contribution in [0.15, 0.2) is 72.8 Å². The van der Waals surface area contributed by atoms with Gasteiger partial charge in [0.05, 0.1) is 0 Å². The number of fused-ring (bicyclic) bond motifs is 1. The smallest absolute Gasteiger partial charge is 0.243 e. The summed E-state index contributed by atoms with van der Waals surface area (Å²) in [4.78, 5) is 28.7. The van der Waals surface area contributed by atoms with Gasteiger partial charge in [-0.3, -0.25) is 9.59 Å². The Morgan fingerprint density at radius 3 is 2.35 bits per heavy atom. The van der Waals surface area contributed by atoms with E-state index >= 15 is 0 Å². The molecule has 37 heavy (non-hydrogen) atoms. The molecule has 194 valence electrons. The maximum Gasteiger partial charge on any atom is 0.243 e. The topological polar surface area (TPSA) is 67.9 Å². The molecule has 7 heteroatoms. The fraction of sp³-hybridized carbons (Fsp3) is 0.333. The monoisotopic (exact) mass is 504 g/mol. The number of benzene rings is 3. The second kappa shape index (κ2) is 12.9. The van der Waals surface area contributed by atoms with Crippen LogP contribution in [-0.2, 0) is 29.0 Å². The molecule has 1 aliphatic rings. The van der Waals surface area contributed by atoms with Gasteiger partial charge in [-0.05, 0) is 53.8 Å². The molecule has 2 amide bonds. The number of halogens is 1. The summed E-state index contributed by atoms with van der Waals surface area (Å²) in [6, 6.07) is 20.7. The zero-order chi connectivity index (χ0) is 26.0. The van der Waals surface area contributed by atoms with Gasteiger partial charge in [-0.1, -0.05) is 55.5 Å². The Labute approximate surface area is 217 Å². The Hall–Kier alpha value is -3.87. The molecule has 0 fully saturated rings. The van der Waals surface area contributed by atoms with E-state index in [1.165, 1.54) is 12.1 Å². The summed E-state index contributed by atoms with van der Waals surface area (Å²) >= 11 is 0. The van der Waals surface area contributed by atoms with Crippen LogP contribution in [0.1, 0.15) is 36.5 Å². The molecule has 1 N–H and O–H groups in total. The van der Waals surface area contributed by atoms with Crippen molar-refractivity contribution < 1.29 is 23.5 Å². The van der Waals surface area contributed by atoms with Gasteiger partial charge in [0.1, 0.15) is 25.1 Å². The fourth-order valence-corrected chi connectivity index (χ4v) is 4.34. The highest BCUT2D eigenvalue weighted by molar-refractivity contribution is 5.88. The van der Waals surface area contributed by atoms with Crippen LogP contribution < -0.4 is 14.8 Å². The summed E-state index contributed by atoms with van der Waals surface area (Å²) < 4.78 is 24.8. The molecule has 0 aromatic heterocycles. The SMILES string of the molecule is CCCNC(=O)[C@@H](Cc1ccccc1)N(Cc1ccc(F)cc1)C(=O)CCc1ccc2c(c1)OCCO2. The number of aryl methyl sites for hydroxylation is 1. The van der Waals surface area contributed by atoms with Crippen LogP contribution >= 0.6 is 0 Å². The minimum absolute atomic E-state index is 0.146. The molecule has 1 aliphatic heterocycles. The van der Waals surface area contributed by atoms with Gasteiger partial charge in [-0.25, -0.2) is 4.39 Å². The zero-order valence-electron chi connectivity index (χ0n) is 21.1. The molecule has 0 bridgehead atoms. The van der Waals surface area contributed by atoms with Gasteiger partial charge in [0.2, 0.25) is 11.8 Å². The number of nitrogens with zero attached hydrogens (tertiary/aromatic N) is 1. The Balaban J connectivity index is 1.57. The lowest BCUT2D eigenvalue weighted by Gasteiger charge is -2.31. The van der Waals surface area contributed by atoms with Crippen molar-refractivity contribution in [1.29, 1.82) is 0 Å². The van der Waals surface area contributed by atoms with Crippen LogP contribution in [0.2, 0.25) is 0 Å². The highest BCUT2D eigenvalue weighted by Crippen LogP contribution is 2.31. The molecular weight excluding hydrogens is 471 g/mol. The third kappa shape index (κ3) is 7.32. The molecule has 0 saturated carbocycles. The first-order valence-corrected chi connectivity index (χ1v) is 12.8. The molecule has 4 rings (SSSR count). The lowest BCUT2D eigenvalue weighted by atomic mass is 10.0. The molecule has 3 aromatic carbocycles. The molecule has 0 saturated heterocycles. The van der Waals surface area contributed by atoms with Gasteiger partial charge >= 0.3 is 0 Å². The first-order chi connectivity index (χ1) is 18.0. The summed E-state index contributed by atoms with van der Waals surface area (Å²) in [6.07, 6.45) is 1.88. The van der Waals surface area contributed by atoms with Crippen molar-refractivity contribution in [2.75, 3.05) is 19.8 Å². The number of hydrogen-bond acceptors (Lipinski definition) is 4. The van der Waals surface area contributed by atoms with E-state index in [4.69, 9.17) is 9.47 Å². The molecule has 0 radical (unpaired) electrons. The quantitative estimate of drug-likeness (QED) is 0.411. The van der Waals surface area contributed by atoms with E-state index < -0.39 is 6.04 Å². The molecule has 3 aromatic rings. The van der Waals surface area contributed by atoms with Gasteiger partial charge in [0.15, 0.2) is 11.5 Å². The van der Waals surface area contributed by atoms with Crippen LogP contribution in [0.4, 0.5) is 4.39 Å². The van der Waals surface area contributed by atoms with E-state index in [0.717, 1.165) is 23.1 Å². The average Bonchev–Trinajstić information content (AvgIpc) is 2.93. The van der Waals surface area contributed by atoms with Gasteiger partial charge in [0, 0.05) is 25.9 Å². The number of hydrogen-bond donors (Lipinski definition) is 1. The van der Waals surface area contributed by atoms with Crippen LogP contribution in [0.25, 0.3) is 0 Å². The largest absolute Gasteiger partial charge is 0.486 e. The van der Waals surface area contributed by atoms with Crippen LogP contribution in [0.3, 0.4) is 0 Å². The minimum atomic E-state index is -0.702. The third-order valence-corrected chi connectivity index (χ3v) is 6.32. The van der Waals surface area contributed by atoms with Crippen molar-refractivity contribution in [3.63, 3.8) is 0 Å². The lowest BCUT2D eigenvalue weighted by molar-refractivity contribution is -0.141. The van der Waals surface area contributed by atoms with Crippen LogP contribution in [0, 0.1) is 5.82 Å². The number of amides is 2. The summed E-state index contributed by atoms with van der Waals surface area (Å²) in [5.74, 6) is 0.698. The summed E-state index contributed by atoms with van der Waals surface area (Å²) in [5.41, 5.74) is 2.67. The van der Waals surface area contributed by atoms with E-state index in [1.54, 1.807) is 17.0 Å². The predicted octanol–water partition coefficient (Wildman–Crippen LogP) is 4.70. The highest BCUT2D eigenvalue weighted by Gasteiger charge is 2.30. The zero-order valence-corrected chi connectivity index (χ0v) is 21.1. The number of rotatable bonds is 11. The Morgan fingerprint density at radius 1 is 0.919 bits per heavy atom. The molecule has 0 aliphatic carbocycles. The normalized spacial score (nSPS) is 13.0. The van der Waals surface area contributed by atoms with E-state index in [2.05, 4.69) is 5.32 Å². The summed E-state index contributed by atoms with van der Waals surface area (Å²) in [6.45, 7) is 3.74. The molecule has 1 atom stereocenters. The Morgan fingerprint density at radius 2 is 1.62 bits per heavy atom. The van der Waals surface area contributed by atoms with Crippen LogP contribution in [-0.4, -0.2) is 42.5 Å². The summed E-state index contributed by atoms with van der Waals surface area (Å²) in [7, 11) is 0. The van der Waals surface area contributed by atoms with Gasteiger partial charge in [0.25, 0.3) is 0 Å². The van der Waals surface area contributed by atoms with Crippen LogP contribution in [0.5, 0.6) is 11.5 Å². The standard InChI is InChI=1S/C30H33FN2O4/c1-2-16-32-30(35)26(19-22-6-4-3-5-7-22)33(21-24-8-12-25(31)13-9-24)29(34)15-11-23-10-14-27-28(20-23)37-18-17-36-27/h3-10,12-14,20,26H,2,11,15-19,21H2,1H3,(H,32,35)/t26-/m1/s1. The molecule has 1 heterocycles. The molecule has 0 spiro atoms. The predicted molar refractivity (Wildman–Crippen MR) is 140 cm³/mol. The maximum atomic E-state index is 13.7. The van der Waals surface area contributed by atoms with Crippen molar-refractivity contribution >= 4 is 11.8 Å². The molecular formula is C30H33FN2O4. The second-order valence-corrected chi connectivity index (χ2v) is 9.12. The average molecular weight is 505 g/mol. The first-order valence-electron chi connectivity index (χ1n) is 12.8. The van der Waals surface area contributed by atoms with Gasteiger partial charge in [-0.15, -0.1) is 0 Å². The number of carbonyl (C=O) groups excluding carboxylic acids is 2. The van der Waals surface area contributed by atoms with Crippen molar-refractivity contribution in [3.05, 3.63) is 95.3 Å². The maximum absolute atomic E-state index is 13.7. The van der Waals surface area contributed by atoms with Crippen molar-refractivity contribution in [2.24, 2.45) is 0 Å². The van der Waals surface area contributed by atoms with E-state index in [1.807, 2.05) is 55.5 Å². The van der Waals surface area contributed by atoms with E-state index in [9.17, 15) is 14.0 Å². The third-order valence-electron chi connectivity index (χ3n) is 6.32. The number of carbonyl (C=O) groups is 2. The summed E-state index contributed by atoms with van der Waals surface area (Å²) in [5, 5.41) is 2.97. The Kier molecular flexibility index (Phi) is 9.13. The lowest BCUT2D eigenvalue weighted by Crippen LogP contribution is -2.50. The van der Waals surface area contributed by atoms with Gasteiger partial charge < -0.3 is 19.7 Å². The van der Waals surface area contributed by atoms with E-state index in [-0.39, 0.29) is 30.6 Å². The number of nitrogens with one attached hydrogen (secondary N) is 1. The highest BCUT2D eigenvalue weighted by atomic mass is 19.1. The Bertz CT molecular complexity index is 1180.